The monoisotopic (exact) mass is 254 g/mol. The van der Waals surface area contributed by atoms with Gasteiger partial charge in [-0.1, -0.05) is 12.1 Å². The van der Waals surface area contributed by atoms with E-state index in [1.165, 1.54) is 23.5 Å². The molecule has 1 aromatic carbocycles. The minimum Gasteiger partial charge on any atom is -0.445 e. The van der Waals surface area contributed by atoms with Crippen LogP contribution in [0.1, 0.15) is 4.88 Å². The van der Waals surface area contributed by atoms with E-state index < -0.39 is 12.4 Å². The number of rotatable bonds is 1. The summed E-state index contributed by atoms with van der Waals surface area (Å²) in [4.78, 5) is 1.03. The van der Waals surface area contributed by atoms with Gasteiger partial charge < -0.3 is 12.9 Å². The van der Waals surface area contributed by atoms with Crippen LogP contribution in [0.3, 0.4) is 0 Å². The predicted molar refractivity (Wildman–Crippen MR) is 55.3 cm³/mol. The van der Waals surface area contributed by atoms with Crippen molar-refractivity contribution in [2.75, 3.05) is 0 Å². The summed E-state index contributed by atoms with van der Waals surface area (Å²) in [7, 11) is 0. The van der Waals surface area contributed by atoms with Gasteiger partial charge in [-0.3, -0.25) is 0 Å². The molecule has 6 heteroatoms. The van der Waals surface area contributed by atoms with E-state index in [2.05, 4.69) is 0 Å². The molecule has 15 heavy (non-hydrogen) atoms. The zero-order valence-corrected chi connectivity index (χ0v) is 12.4. The Hall–Kier alpha value is 0.671. The molecule has 0 saturated carbocycles. The second-order valence-electron chi connectivity index (χ2n) is 3.23. The number of thiophene rings is 1. The minimum atomic E-state index is -4.87. The van der Waals surface area contributed by atoms with Crippen molar-refractivity contribution in [3.63, 3.8) is 0 Å². The van der Waals surface area contributed by atoms with Crippen LogP contribution >= 0.6 is 11.3 Å². The molecule has 2 aromatic rings. The standard InChI is InChI=1S/C9H7BF3S.K/c1-6-4-7-5-8(10(11,12)13)2-3-9(7)14-6;/h2-5H,1H3;/q-1;+1. The fourth-order valence-electron chi connectivity index (χ4n) is 1.40. The summed E-state index contributed by atoms with van der Waals surface area (Å²) in [5, 5.41) is 0.684. The van der Waals surface area contributed by atoms with Gasteiger partial charge in [0.2, 0.25) is 0 Å². The molecule has 0 N–H and O–H groups in total. The first-order valence-corrected chi connectivity index (χ1v) is 4.98. The van der Waals surface area contributed by atoms with Crippen molar-refractivity contribution in [2.24, 2.45) is 0 Å². The van der Waals surface area contributed by atoms with Crippen LogP contribution in [0, 0.1) is 6.92 Å². The molecule has 1 heterocycles. The van der Waals surface area contributed by atoms with Crippen molar-refractivity contribution in [3.05, 3.63) is 29.1 Å². The number of halogens is 3. The molecule has 74 valence electrons. The van der Waals surface area contributed by atoms with Gasteiger partial charge in [0.15, 0.2) is 0 Å². The Balaban J connectivity index is 0.00000112. The van der Waals surface area contributed by atoms with Gasteiger partial charge in [-0.25, -0.2) is 0 Å². The molecule has 0 bridgehead atoms. The van der Waals surface area contributed by atoms with Crippen molar-refractivity contribution in [1.29, 1.82) is 0 Å². The van der Waals surface area contributed by atoms with Crippen LogP contribution < -0.4 is 56.8 Å². The topological polar surface area (TPSA) is 0 Å². The zero-order valence-electron chi connectivity index (χ0n) is 8.43. The largest absolute Gasteiger partial charge is 1.00 e. The van der Waals surface area contributed by atoms with Crippen LogP contribution in [0.5, 0.6) is 0 Å². The second kappa shape index (κ2) is 4.89. The van der Waals surface area contributed by atoms with E-state index in [1.807, 2.05) is 6.92 Å². The van der Waals surface area contributed by atoms with Gasteiger partial charge in [0, 0.05) is 9.58 Å². The summed E-state index contributed by atoms with van der Waals surface area (Å²) in [6.07, 6.45) is 0. The van der Waals surface area contributed by atoms with Gasteiger partial charge in [0.05, 0.1) is 0 Å². The van der Waals surface area contributed by atoms with E-state index in [4.69, 9.17) is 0 Å². The fraction of sp³-hybridized carbons (Fsp3) is 0.111. The van der Waals surface area contributed by atoms with Crippen LogP contribution in [0.15, 0.2) is 24.3 Å². The predicted octanol–water partition coefficient (Wildman–Crippen LogP) is 0.268. The molecule has 0 amide bonds. The van der Waals surface area contributed by atoms with Crippen LogP contribution in [0.2, 0.25) is 0 Å². The van der Waals surface area contributed by atoms with E-state index in [1.54, 1.807) is 6.07 Å². The average molecular weight is 254 g/mol. The van der Waals surface area contributed by atoms with Crippen molar-refractivity contribution in [3.8, 4) is 0 Å². The molecule has 0 radical (unpaired) electrons. The number of fused-ring (bicyclic) bond motifs is 1. The molecular formula is C9H7BF3KS. The number of hydrogen-bond acceptors (Lipinski definition) is 1. The third-order valence-electron chi connectivity index (χ3n) is 2.04. The molecule has 0 atom stereocenters. The van der Waals surface area contributed by atoms with Gasteiger partial charge in [0.1, 0.15) is 0 Å². The molecule has 0 saturated heterocycles. The number of aryl methyl sites for hydroxylation is 1. The zero-order chi connectivity index (χ0) is 10.3. The normalized spacial score (nSPS) is 11.5. The van der Waals surface area contributed by atoms with Gasteiger partial charge in [-0.05, 0) is 24.4 Å². The Morgan fingerprint density at radius 2 is 1.80 bits per heavy atom. The summed E-state index contributed by atoms with van der Waals surface area (Å²) in [5.41, 5.74) is -0.518. The number of benzene rings is 1. The van der Waals surface area contributed by atoms with E-state index in [-0.39, 0.29) is 51.4 Å². The van der Waals surface area contributed by atoms with Gasteiger partial charge in [0.25, 0.3) is 0 Å². The smallest absolute Gasteiger partial charge is 0.445 e. The molecule has 0 aliphatic heterocycles. The quantitative estimate of drug-likeness (QED) is 0.641. The van der Waals surface area contributed by atoms with E-state index in [0.29, 0.717) is 5.39 Å². The van der Waals surface area contributed by atoms with Gasteiger partial charge >= 0.3 is 58.4 Å². The molecule has 0 unspecified atom stereocenters. The van der Waals surface area contributed by atoms with Crippen LogP contribution in [0.25, 0.3) is 10.1 Å². The van der Waals surface area contributed by atoms with Crippen LogP contribution in [-0.4, -0.2) is 6.98 Å². The second-order valence-corrected chi connectivity index (χ2v) is 4.52. The van der Waals surface area contributed by atoms with Crippen LogP contribution in [0.4, 0.5) is 12.9 Å². The summed E-state index contributed by atoms with van der Waals surface area (Å²) < 4.78 is 38.1. The van der Waals surface area contributed by atoms with Crippen molar-refractivity contribution in [2.45, 2.75) is 6.92 Å². The van der Waals surface area contributed by atoms with Crippen molar-refractivity contribution in [1.82, 2.24) is 0 Å². The number of hydrogen-bond donors (Lipinski definition) is 0. The first-order chi connectivity index (χ1) is 6.47. The maximum absolute atomic E-state index is 12.4. The SMILES string of the molecule is Cc1cc2cc([B-](F)(F)F)ccc2s1.[K+]. The molecule has 0 aliphatic rings. The molecule has 2 rings (SSSR count). The van der Waals surface area contributed by atoms with Crippen molar-refractivity contribution >= 4 is 33.9 Å². The minimum absolute atomic E-state index is 0. The first-order valence-electron chi connectivity index (χ1n) is 4.17. The Labute approximate surface area is 132 Å². The summed E-state index contributed by atoms with van der Waals surface area (Å²) in [6, 6.07) is 5.69. The molecule has 0 nitrogen and oxygen atoms in total. The van der Waals surface area contributed by atoms with Gasteiger partial charge in [-0.15, -0.1) is 16.8 Å². The Morgan fingerprint density at radius 3 is 2.40 bits per heavy atom. The van der Waals surface area contributed by atoms with E-state index in [0.717, 1.165) is 15.6 Å². The summed E-state index contributed by atoms with van der Waals surface area (Å²) >= 11 is 1.51. The maximum atomic E-state index is 12.4. The summed E-state index contributed by atoms with van der Waals surface area (Å²) in [5.74, 6) is 0. The molecule has 1 aromatic heterocycles. The molecule has 0 spiro atoms. The summed E-state index contributed by atoms with van der Waals surface area (Å²) in [6.45, 7) is -2.98. The van der Waals surface area contributed by atoms with E-state index in [9.17, 15) is 12.9 Å². The maximum Gasteiger partial charge on any atom is 1.00 e. The Bertz CT molecular complexity index is 478. The Morgan fingerprint density at radius 1 is 1.13 bits per heavy atom. The molecular weight excluding hydrogens is 247 g/mol. The van der Waals surface area contributed by atoms with Crippen molar-refractivity contribution < 1.29 is 64.3 Å². The van der Waals surface area contributed by atoms with Gasteiger partial charge in [-0.2, -0.15) is 0 Å². The Kier molecular flexibility index (Phi) is 4.48. The average Bonchev–Trinajstić information content (AvgIpc) is 2.41. The third-order valence-corrected chi connectivity index (χ3v) is 3.07. The van der Waals surface area contributed by atoms with Crippen LogP contribution in [-0.2, 0) is 0 Å². The molecule has 0 fully saturated rings. The fourth-order valence-corrected chi connectivity index (χ4v) is 2.30. The molecule has 0 aliphatic carbocycles. The third kappa shape index (κ3) is 3.08. The van der Waals surface area contributed by atoms with E-state index >= 15 is 0 Å². The first kappa shape index (κ1) is 13.7.